The lowest BCUT2D eigenvalue weighted by atomic mass is 9.72. The summed E-state index contributed by atoms with van der Waals surface area (Å²) >= 11 is 0. The fourth-order valence-electron chi connectivity index (χ4n) is 5.69. The summed E-state index contributed by atoms with van der Waals surface area (Å²) in [5, 5.41) is 12.5. The monoisotopic (exact) mass is 424 g/mol. The Morgan fingerprint density at radius 2 is 2.06 bits per heavy atom. The van der Waals surface area contributed by atoms with Gasteiger partial charge in [0.05, 0.1) is 18.2 Å². The molecule has 0 saturated carbocycles. The van der Waals surface area contributed by atoms with Gasteiger partial charge in [0.1, 0.15) is 5.75 Å². The zero-order valence-electron chi connectivity index (χ0n) is 19.6. The number of ether oxygens (including phenoxy) is 1. The summed E-state index contributed by atoms with van der Waals surface area (Å²) in [5.41, 5.74) is 1.93. The third-order valence-corrected chi connectivity index (χ3v) is 7.58. The Balaban J connectivity index is 1.44. The van der Waals surface area contributed by atoms with E-state index in [2.05, 4.69) is 36.7 Å². The highest BCUT2D eigenvalue weighted by atomic mass is 16.5. The summed E-state index contributed by atoms with van der Waals surface area (Å²) in [6.45, 7) is 9.87. The zero-order chi connectivity index (χ0) is 21.8. The number of aromatic nitrogens is 1. The Hall–Kier alpha value is -1.65. The molecule has 3 aliphatic heterocycles. The molecule has 2 aromatic rings. The van der Waals surface area contributed by atoms with Crippen molar-refractivity contribution in [2.45, 2.75) is 77.9 Å². The van der Waals surface area contributed by atoms with Crippen molar-refractivity contribution in [2.75, 3.05) is 19.7 Å². The van der Waals surface area contributed by atoms with Gasteiger partial charge in [0, 0.05) is 24.2 Å². The molecule has 4 heteroatoms. The van der Waals surface area contributed by atoms with Crippen LogP contribution in [0.2, 0.25) is 0 Å². The van der Waals surface area contributed by atoms with Crippen molar-refractivity contribution < 1.29 is 9.84 Å². The minimum absolute atomic E-state index is 0.220. The van der Waals surface area contributed by atoms with Crippen molar-refractivity contribution in [1.82, 2.24) is 9.88 Å². The minimum Gasteiger partial charge on any atom is -0.494 e. The minimum atomic E-state index is -0.475. The maximum absolute atomic E-state index is 11.4. The van der Waals surface area contributed by atoms with Gasteiger partial charge in [-0.25, -0.2) is 0 Å². The zero-order valence-corrected chi connectivity index (χ0v) is 19.6. The number of aliphatic hydroxyl groups excluding tert-OH is 1. The van der Waals surface area contributed by atoms with Crippen molar-refractivity contribution in [3.63, 3.8) is 0 Å². The molecule has 0 spiro atoms. The lowest BCUT2D eigenvalue weighted by Gasteiger charge is -2.51. The third-order valence-electron chi connectivity index (χ3n) is 7.58. The molecule has 0 amide bonds. The van der Waals surface area contributed by atoms with Gasteiger partial charge in [-0.05, 0) is 73.4 Å². The van der Waals surface area contributed by atoms with Crippen LogP contribution in [0.15, 0.2) is 30.5 Å². The van der Waals surface area contributed by atoms with Gasteiger partial charge in [-0.1, -0.05) is 46.5 Å². The molecule has 3 fully saturated rings. The average molecular weight is 425 g/mol. The number of pyridine rings is 1. The molecule has 31 heavy (non-hydrogen) atoms. The first-order valence-corrected chi connectivity index (χ1v) is 12.5. The molecule has 5 rings (SSSR count). The second-order valence-electron chi connectivity index (χ2n) is 10.1. The number of hydrogen-bond donors (Lipinski definition) is 1. The predicted molar refractivity (Wildman–Crippen MR) is 127 cm³/mol. The Morgan fingerprint density at radius 3 is 2.81 bits per heavy atom. The van der Waals surface area contributed by atoms with Gasteiger partial charge in [0.25, 0.3) is 0 Å². The summed E-state index contributed by atoms with van der Waals surface area (Å²) in [6, 6.07) is 8.35. The number of benzene rings is 1. The van der Waals surface area contributed by atoms with Crippen LogP contribution in [0.1, 0.15) is 77.4 Å². The van der Waals surface area contributed by atoms with E-state index >= 15 is 0 Å². The molecule has 3 saturated heterocycles. The first-order chi connectivity index (χ1) is 15.1. The van der Waals surface area contributed by atoms with Crippen LogP contribution in [0.3, 0.4) is 0 Å². The van der Waals surface area contributed by atoms with Crippen molar-refractivity contribution in [1.29, 1.82) is 0 Å². The summed E-state index contributed by atoms with van der Waals surface area (Å²) < 4.78 is 6.06. The van der Waals surface area contributed by atoms with Gasteiger partial charge in [0.15, 0.2) is 0 Å². The highest BCUT2D eigenvalue weighted by Gasteiger charge is 2.42. The molecular weight excluding hydrogens is 384 g/mol. The number of fused-ring (bicyclic) bond motifs is 4. The van der Waals surface area contributed by atoms with E-state index in [-0.39, 0.29) is 6.04 Å². The molecule has 5 atom stereocenters. The van der Waals surface area contributed by atoms with Gasteiger partial charge in [0.2, 0.25) is 0 Å². The van der Waals surface area contributed by atoms with Crippen LogP contribution in [0.5, 0.6) is 5.75 Å². The van der Waals surface area contributed by atoms with E-state index in [0.717, 1.165) is 72.5 Å². The molecule has 0 aliphatic carbocycles. The number of piperidine rings is 3. The lowest BCUT2D eigenvalue weighted by Crippen LogP contribution is -2.55. The van der Waals surface area contributed by atoms with Crippen molar-refractivity contribution in [2.24, 2.45) is 17.8 Å². The molecule has 1 aromatic heterocycles. The standard InChI is InChI=1S/C27H40N2O2/c1-4-20-18-29-14-12-21(20)16-26(29)27(30)23-11-13-28-25-10-9-22(17-24(23)25)31-15-7-5-6-8-19(2)3/h9-11,13,17,19-21,26-27,30H,4-8,12,14-16,18H2,1-3H3/t20-,21?,26+,27+/m0/s1. The topological polar surface area (TPSA) is 45.6 Å². The largest absolute Gasteiger partial charge is 0.494 e. The van der Waals surface area contributed by atoms with Crippen LogP contribution in [-0.2, 0) is 0 Å². The fourth-order valence-corrected chi connectivity index (χ4v) is 5.69. The quantitative estimate of drug-likeness (QED) is 0.476. The van der Waals surface area contributed by atoms with E-state index in [4.69, 9.17) is 4.74 Å². The van der Waals surface area contributed by atoms with Crippen LogP contribution >= 0.6 is 0 Å². The molecule has 4 heterocycles. The van der Waals surface area contributed by atoms with E-state index in [9.17, 15) is 5.11 Å². The predicted octanol–water partition coefficient (Wildman–Crippen LogP) is 5.98. The Kier molecular flexibility index (Phi) is 7.50. The van der Waals surface area contributed by atoms with E-state index < -0.39 is 6.10 Å². The summed E-state index contributed by atoms with van der Waals surface area (Å²) in [7, 11) is 0. The number of aliphatic hydroxyl groups is 1. The van der Waals surface area contributed by atoms with Crippen LogP contribution < -0.4 is 4.74 Å². The van der Waals surface area contributed by atoms with Crippen LogP contribution in [0, 0.1) is 17.8 Å². The van der Waals surface area contributed by atoms with E-state index in [1.54, 1.807) is 0 Å². The summed E-state index contributed by atoms with van der Waals surface area (Å²) in [4.78, 5) is 7.07. The maximum Gasteiger partial charge on any atom is 0.120 e. The molecule has 0 radical (unpaired) electrons. The molecule has 1 aromatic carbocycles. The van der Waals surface area contributed by atoms with Gasteiger partial charge in [-0.15, -0.1) is 0 Å². The van der Waals surface area contributed by atoms with Crippen molar-refractivity contribution in [3.05, 3.63) is 36.0 Å². The van der Waals surface area contributed by atoms with Crippen LogP contribution in [0.25, 0.3) is 10.9 Å². The number of nitrogens with zero attached hydrogens (tertiary/aromatic N) is 2. The average Bonchev–Trinajstić information content (AvgIpc) is 2.80. The lowest BCUT2D eigenvalue weighted by molar-refractivity contribution is -0.0562. The Bertz CT molecular complexity index is 852. The van der Waals surface area contributed by atoms with Crippen molar-refractivity contribution >= 4 is 10.9 Å². The van der Waals surface area contributed by atoms with Gasteiger partial charge in [-0.3, -0.25) is 9.88 Å². The number of rotatable bonds is 10. The van der Waals surface area contributed by atoms with Crippen LogP contribution in [0.4, 0.5) is 0 Å². The molecule has 170 valence electrons. The van der Waals surface area contributed by atoms with Gasteiger partial charge >= 0.3 is 0 Å². The first kappa shape index (κ1) is 22.5. The summed E-state index contributed by atoms with van der Waals surface area (Å²) in [5.74, 6) is 3.22. The fraction of sp³-hybridized carbons (Fsp3) is 0.667. The summed E-state index contributed by atoms with van der Waals surface area (Å²) in [6.07, 6.45) is 9.88. The number of hydrogen-bond acceptors (Lipinski definition) is 4. The first-order valence-electron chi connectivity index (χ1n) is 12.5. The Labute approximate surface area is 188 Å². The molecule has 3 aliphatic rings. The highest BCUT2D eigenvalue weighted by molar-refractivity contribution is 5.84. The van der Waals surface area contributed by atoms with Gasteiger partial charge < -0.3 is 9.84 Å². The Morgan fingerprint density at radius 1 is 1.19 bits per heavy atom. The van der Waals surface area contributed by atoms with Crippen LogP contribution in [-0.4, -0.2) is 40.7 Å². The molecule has 1 N–H and O–H groups in total. The molecular formula is C27H40N2O2. The normalized spacial score (nSPS) is 26.5. The smallest absolute Gasteiger partial charge is 0.120 e. The van der Waals surface area contributed by atoms with E-state index in [0.29, 0.717) is 0 Å². The highest BCUT2D eigenvalue weighted by Crippen LogP contribution is 2.42. The van der Waals surface area contributed by atoms with E-state index in [1.165, 1.54) is 32.1 Å². The SMILES string of the molecule is CC[C@H]1CN2CCC1C[C@@H]2[C@H](O)c1ccnc2ccc(OCCCCCC(C)C)cc12. The van der Waals surface area contributed by atoms with Gasteiger partial charge in [-0.2, -0.15) is 0 Å². The second kappa shape index (κ2) is 10.3. The molecule has 2 bridgehead atoms. The maximum atomic E-state index is 11.4. The van der Waals surface area contributed by atoms with E-state index in [1.807, 2.05) is 24.4 Å². The van der Waals surface area contributed by atoms with Crippen molar-refractivity contribution in [3.8, 4) is 5.75 Å². The molecule has 4 nitrogen and oxygen atoms in total. The second-order valence-corrected chi connectivity index (χ2v) is 10.1. The number of unbranched alkanes of at least 4 members (excludes halogenated alkanes) is 2. The molecule has 2 unspecified atom stereocenters. The third kappa shape index (κ3) is 5.23.